The second kappa shape index (κ2) is 5.48. The predicted octanol–water partition coefficient (Wildman–Crippen LogP) is 3.12. The molecule has 2 rings (SSSR count). The summed E-state index contributed by atoms with van der Waals surface area (Å²) in [6, 6.07) is 9.68. The highest BCUT2D eigenvalue weighted by Crippen LogP contribution is 2.24. The molecule has 1 aliphatic carbocycles. The van der Waals surface area contributed by atoms with Gasteiger partial charge in [-0.15, -0.1) is 0 Å². The Morgan fingerprint density at radius 1 is 1.19 bits per heavy atom. The molecule has 1 N–H and O–H groups in total. The molecule has 0 unspecified atom stereocenters. The van der Waals surface area contributed by atoms with E-state index in [2.05, 4.69) is 21.2 Å². The number of benzene rings is 1. The molecule has 0 saturated heterocycles. The summed E-state index contributed by atoms with van der Waals surface area (Å²) in [5.41, 5.74) is 0.743. The van der Waals surface area contributed by atoms with Crippen LogP contribution in [0.5, 0.6) is 0 Å². The largest absolute Gasteiger partial charge is 0.348 e. The fourth-order valence-electron chi connectivity index (χ4n) is 2.09. The van der Waals surface area contributed by atoms with Crippen molar-refractivity contribution in [1.82, 2.24) is 5.32 Å². The number of rotatable bonds is 2. The summed E-state index contributed by atoms with van der Waals surface area (Å²) >= 11 is 3.64. The lowest BCUT2D eigenvalue weighted by atomic mass is 9.95. The maximum atomic E-state index is 11.9. The molecule has 1 fully saturated rings. The van der Waals surface area contributed by atoms with Gasteiger partial charge in [0.1, 0.15) is 0 Å². The first-order valence-corrected chi connectivity index (χ1v) is 6.69. The molecule has 1 aromatic carbocycles. The van der Waals surface area contributed by atoms with Crippen LogP contribution in [-0.2, 0) is 0 Å². The summed E-state index contributed by atoms with van der Waals surface area (Å²) in [6.07, 6.45) is 4.70. The zero-order valence-electron chi connectivity index (χ0n) is 9.16. The second-order valence-electron chi connectivity index (χ2n) is 4.25. The Hall–Kier alpha value is -0.830. The molecule has 16 heavy (non-hydrogen) atoms. The molecule has 0 heterocycles. The fourth-order valence-corrected chi connectivity index (χ4v) is 2.81. The number of carbonyl (C=O) groups excluding carboxylic acids is 1. The molecular weight excluding hydrogens is 266 g/mol. The van der Waals surface area contributed by atoms with Gasteiger partial charge >= 0.3 is 0 Å². The minimum atomic E-state index is 0.0388. The maximum absolute atomic E-state index is 11.9. The van der Waals surface area contributed by atoms with Crippen LogP contribution in [0.1, 0.15) is 36.0 Å². The highest BCUT2D eigenvalue weighted by atomic mass is 79.9. The van der Waals surface area contributed by atoms with Crippen LogP contribution in [-0.4, -0.2) is 16.8 Å². The van der Waals surface area contributed by atoms with Gasteiger partial charge in [-0.1, -0.05) is 47.0 Å². The topological polar surface area (TPSA) is 29.1 Å². The molecule has 1 amide bonds. The van der Waals surface area contributed by atoms with E-state index in [0.29, 0.717) is 4.83 Å². The predicted molar refractivity (Wildman–Crippen MR) is 68.9 cm³/mol. The Bertz CT molecular complexity index is 352. The van der Waals surface area contributed by atoms with E-state index in [1.54, 1.807) is 0 Å². The smallest absolute Gasteiger partial charge is 0.251 e. The minimum Gasteiger partial charge on any atom is -0.348 e. The van der Waals surface area contributed by atoms with Gasteiger partial charge in [-0.2, -0.15) is 0 Å². The van der Waals surface area contributed by atoms with Crippen LogP contribution in [0.15, 0.2) is 30.3 Å². The number of halogens is 1. The summed E-state index contributed by atoms with van der Waals surface area (Å²) in [4.78, 5) is 12.4. The first-order valence-electron chi connectivity index (χ1n) is 5.77. The molecule has 0 bridgehead atoms. The van der Waals surface area contributed by atoms with Crippen molar-refractivity contribution < 1.29 is 4.79 Å². The van der Waals surface area contributed by atoms with Crippen LogP contribution in [0.2, 0.25) is 0 Å². The van der Waals surface area contributed by atoms with Crippen molar-refractivity contribution in [1.29, 1.82) is 0 Å². The number of carbonyl (C=O) groups is 1. The van der Waals surface area contributed by atoms with E-state index < -0.39 is 0 Å². The van der Waals surface area contributed by atoms with Crippen LogP contribution in [0.25, 0.3) is 0 Å². The lowest BCUT2D eigenvalue weighted by molar-refractivity contribution is 0.0930. The average molecular weight is 282 g/mol. The molecule has 0 spiro atoms. The van der Waals surface area contributed by atoms with Gasteiger partial charge in [-0.05, 0) is 25.0 Å². The summed E-state index contributed by atoms with van der Waals surface area (Å²) in [6.45, 7) is 0. The number of nitrogens with one attached hydrogen (secondary N) is 1. The Labute approximate surface area is 105 Å². The van der Waals surface area contributed by atoms with Gasteiger partial charge in [0, 0.05) is 16.4 Å². The minimum absolute atomic E-state index is 0.0388. The van der Waals surface area contributed by atoms with Crippen molar-refractivity contribution in [3.05, 3.63) is 35.9 Å². The highest BCUT2D eigenvalue weighted by molar-refractivity contribution is 9.09. The molecule has 1 aliphatic rings. The second-order valence-corrected chi connectivity index (χ2v) is 5.42. The third-order valence-corrected chi connectivity index (χ3v) is 4.13. The molecular formula is C13H16BrNO. The summed E-state index contributed by atoms with van der Waals surface area (Å²) in [7, 11) is 0. The first kappa shape index (κ1) is 11.6. The number of amides is 1. The Kier molecular flexibility index (Phi) is 3.99. The van der Waals surface area contributed by atoms with Gasteiger partial charge in [-0.3, -0.25) is 4.79 Å². The van der Waals surface area contributed by atoms with Gasteiger partial charge in [-0.25, -0.2) is 0 Å². The van der Waals surface area contributed by atoms with Crippen LogP contribution < -0.4 is 5.32 Å². The highest BCUT2D eigenvalue weighted by Gasteiger charge is 2.24. The molecule has 1 aromatic rings. The van der Waals surface area contributed by atoms with E-state index in [4.69, 9.17) is 0 Å². The maximum Gasteiger partial charge on any atom is 0.251 e. The lowest BCUT2D eigenvalue weighted by Gasteiger charge is -2.28. The normalized spacial score (nSPS) is 25.1. The van der Waals surface area contributed by atoms with Gasteiger partial charge < -0.3 is 5.32 Å². The van der Waals surface area contributed by atoms with Crippen molar-refractivity contribution in [2.75, 3.05) is 0 Å². The van der Waals surface area contributed by atoms with Crippen molar-refractivity contribution in [3.8, 4) is 0 Å². The summed E-state index contributed by atoms with van der Waals surface area (Å²) in [5, 5.41) is 3.10. The molecule has 86 valence electrons. The Morgan fingerprint density at radius 2 is 1.88 bits per heavy atom. The van der Waals surface area contributed by atoms with Crippen LogP contribution in [0.4, 0.5) is 0 Å². The first-order chi connectivity index (χ1) is 7.77. The average Bonchev–Trinajstić information content (AvgIpc) is 2.33. The summed E-state index contributed by atoms with van der Waals surface area (Å²) in [5.74, 6) is 0.0388. The van der Waals surface area contributed by atoms with Crippen LogP contribution >= 0.6 is 15.9 Å². The van der Waals surface area contributed by atoms with Crippen molar-refractivity contribution in [2.45, 2.75) is 36.6 Å². The summed E-state index contributed by atoms with van der Waals surface area (Å²) < 4.78 is 0. The molecule has 2 nitrogen and oxygen atoms in total. The van der Waals surface area contributed by atoms with E-state index in [-0.39, 0.29) is 11.9 Å². The number of hydrogen-bond acceptors (Lipinski definition) is 1. The van der Waals surface area contributed by atoms with Gasteiger partial charge in [0.25, 0.3) is 5.91 Å². The van der Waals surface area contributed by atoms with Crippen LogP contribution in [0.3, 0.4) is 0 Å². The lowest BCUT2D eigenvalue weighted by Crippen LogP contribution is -2.42. The van der Waals surface area contributed by atoms with Crippen LogP contribution in [0, 0.1) is 0 Å². The molecule has 1 saturated carbocycles. The Morgan fingerprint density at radius 3 is 2.56 bits per heavy atom. The standard InChI is InChI=1S/C13H16BrNO/c14-11-8-4-5-9-12(11)15-13(16)10-6-2-1-3-7-10/h1-3,6-7,11-12H,4-5,8-9H2,(H,15,16)/t11-,12-/m1/s1. The SMILES string of the molecule is O=C(N[C@@H]1CCCC[C@H]1Br)c1ccccc1. The van der Waals surface area contributed by atoms with E-state index in [1.165, 1.54) is 12.8 Å². The number of hydrogen-bond donors (Lipinski definition) is 1. The molecule has 0 aromatic heterocycles. The van der Waals surface area contributed by atoms with Gasteiger partial charge in [0.15, 0.2) is 0 Å². The van der Waals surface area contributed by atoms with E-state index in [1.807, 2.05) is 30.3 Å². The van der Waals surface area contributed by atoms with Crippen molar-refractivity contribution in [2.24, 2.45) is 0 Å². The Balaban J connectivity index is 1.96. The fraction of sp³-hybridized carbons (Fsp3) is 0.462. The molecule has 3 heteroatoms. The zero-order valence-corrected chi connectivity index (χ0v) is 10.7. The zero-order chi connectivity index (χ0) is 11.4. The van der Waals surface area contributed by atoms with Gasteiger partial charge in [0.05, 0.1) is 0 Å². The quantitative estimate of drug-likeness (QED) is 0.830. The van der Waals surface area contributed by atoms with E-state index in [0.717, 1.165) is 18.4 Å². The molecule has 0 radical (unpaired) electrons. The number of alkyl halides is 1. The van der Waals surface area contributed by atoms with E-state index >= 15 is 0 Å². The van der Waals surface area contributed by atoms with Crippen molar-refractivity contribution in [3.63, 3.8) is 0 Å². The van der Waals surface area contributed by atoms with E-state index in [9.17, 15) is 4.79 Å². The monoisotopic (exact) mass is 281 g/mol. The third kappa shape index (κ3) is 2.85. The molecule has 2 atom stereocenters. The third-order valence-electron chi connectivity index (χ3n) is 3.03. The molecule has 0 aliphatic heterocycles. The van der Waals surface area contributed by atoms with Crippen molar-refractivity contribution >= 4 is 21.8 Å². The van der Waals surface area contributed by atoms with Gasteiger partial charge in [0.2, 0.25) is 0 Å².